The first-order valence-corrected chi connectivity index (χ1v) is 8.45. The summed E-state index contributed by atoms with van der Waals surface area (Å²) in [5, 5.41) is 16.0. The van der Waals surface area contributed by atoms with Gasteiger partial charge in [0.15, 0.2) is 0 Å². The van der Waals surface area contributed by atoms with E-state index in [2.05, 4.69) is 5.32 Å². The number of carboxylic acid groups (broad SMARTS) is 1. The number of carboxylic acids is 1. The number of piperidine rings is 1. The highest BCUT2D eigenvalue weighted by Crippen LogP contribution is 2.38. The summed E-state index contributed by atoms with van der Waals surface area (Å²) in [6.07, 6.45) is 5.79. The number of thiophene rings is 1. The Labute approximate surface area is 128 Å². The minimum atomic E-state index is -0.889. The molecule has 6 heteroatoms. The Kier molecular flexibility index (Phi) is 4.14. The Morgan fingerprint density at radius 1 is 1.24 bits per heavy atom. The van der Waals surface area contributed by atoms with Crippen LogP contribution in [-0.4, -0.2) is 34.1 Å². The van der Waals surface area contributed by atoms with Gasteiger partial charge in [0.1, 0.15) is 6.04 Å². The van der Waals surface area contributed by atoms with Gasteiger partial charge in [-0.1, -0.05) is 12.8 Å². The van der Waals surface area contributed by atoms with E-state index < -0.39 is 12.0 Å². The molecule has 2 fully saturated rings. The van der Waals surface area contributed by atoms with Crippen molar-refractivity contribution >= 4 is 29.0 Å². The van der Waals surface area contributed by atoms with E-state index in [4.69, 9.17) is 0 Å². The highest BCUT2D eigenvalue weighted by atomic mass is 32.1. The lowest BCUT2D eigenvalue weighted by molar-refractivity contribution is -0.145. The Morgan fingerprint density at radius 3 is 2.76 bits per heavy atom. The third kappa shape index (κ3) is 2.90. The molecular weight excluding hydrogens is 288 g/mol. The molecule has 1 saturated heterocycles. The topological polar surface area (TPSA) is 69.6 Å². The Morgan fingerprint density at radius 2 is 2.05 bits per heavy atom. The maximum Gasteiger partial charge on any atom is 0.326 e. The average molecular weight is 308 g/mol. The Bertz CT molecular complexity index is 517. The summed E-state index contributed by atoms with van der Waals surface area (Å²) >= 11 is 1.51. The summed E-state index contributed by atoms with van der Waals surface area (Å²) in [5.74, 6) is -0.429. The predicted molar refractivity (Wildman–Crippen MR) is 81.6 cm³/mol. The first-order valence-electron chi connectivity index (χ1n) is 7.51. The summed E-state index contributed by atoms with van der Waals surface area (Å²) in [5.41, 5.74) is 0.743. The molecule has 1 aromatic heterocycles. The van der Waals surface area contributed by atoms with Crippen LogP contribution in [0.1, 0.15) is 38.5 Å². The number of carbonyl (C=O) groups is 2. The van der Waals surface area contributed by atoms with Gasteiger partial charge in [-0.25, -0.2) is 9.59 Å². The molecule has 0 aromatic carbocycles. The van der Waals surface area contributed by atoms with E-state index in [1.165, 1.54) is 17.8 Å². The standard InChI is InChI=1S/C15H20N2O3S/c18-14(19)13-6-5-10-3-1-2-4-12(10)17(13)15(20)16-11-7-8-21-9-11/h7-10,12-13H,1-6H2,(H,16,20)(H,18,19). The number of rotatable bonds is 2. The molecule has 3 rings (SSSR count). The van der Waals surface area contributed by atoms with Gasteiger partial charge in [-0.05, 0) is 43.0 Å². The van der Waals surface area contributed by atoms with Gasteiger partial charge < -0.3 is 15.3 Å². The van der Waals surface area contributed by atoms with E-state index in [0.717, 1.165) is 31.4 Å². The number of amides is 2. The third-order valence-corrected chi connectivity index (χ3v) is 5.35. The van der Waals surface area contributed by atoms with Crippen LogP contribution >= 0.6 is 11.3 Å². The second kappa shape index (κ2) is 6.05. The zero-order valence-electron chi connectivity index (χ0n) is 11.8. The van der Waals surface area contributed by atoms with Crippen LogP contribution in [0.4, 0.5) is 10.5 Å². The zero-order valence-corrected chi connectivity index (χ0v) is 12.6. The Hall–Kier alpha value is -1.56. The van der Waals surface area contributed by atoms with Crippen molar-refractivity contribution in [3.05, 3.63) is 16.8 Å². The first-order chi connectivity index (χ1) is 10.2. The largest absolute Gasteiger partial charge is 0.480 e. The van der Waals surface area contributed by atoms with E-state index >= 15 is 0 Å². The van der Waals surface area contributed by atoms with Crippen molar-refractivity contribution in [2.75, 3.05) is 5.32 Å². The number of hydrogen-bond donors (Lipinski definition) is 2. The maximum atomic E-state index is 12.6. The fraction of sp³-hybridized carbons (Fsp3) is 0.600. The van der Waals surface area contributed by atoms with Gasteiger partial charge >= 0.3 is 12.0 Å². The quantitative estimate of drug-likeness (QED) is 0.880. The molecule has 114 valence electrons. The van der Waals surface area contributed by atoms with Gasteiger partial charge in [0.2, 0.25) is 0 Å². The number of nitrogens with one attached hydrogen (secondary N) is 1. The second-order valence-electron chi connectivity index (χ2n) is 5.89. The van der Waals surface area contributed by atoms with E-state index in [-0.39, 0.29) is 12.1 Å². The lowest BCUT2D eigenvalue weighted by Crippen LogP contribution is -2.58. The number of urea groups is 1. The van der Waals surface area contributed by atoms with Crippen LogP contribution in [0.2, 0.25) is 0 Å². The van der Waals surface area contributed by atoms with Crippen molar-refractivity contribution in [1.82, 2.24) is 4.90 Å². The molecule has 1 saturated carbocycles. The second-order valence-corrected chi connectivity index (χ2v) is 6.67. The molecule has 5 nitrogen and oxygen atoms in total. The number of likely N-dealkylation sites (tertiary alicyclic amines) is 1. The van der Waals surface area contributed by atoms with Gasteiger partial charge in [-0.15, -0.1) is 0 Å². The van der Waals surface area contributed by atoms with Gasteiger partial charge in [0.25, 0.3) is 0 Å². The number of anilines is 1. The van der Waals surface area contributed by atoms with Crippen LogP contribution in [0.15, 0.2) is 16.8 Å². The summed E-state index contributed by atoms with van der Waals surface area (Å²) < 4.78 is 0. The average Bonchev–Trinajstić information content (AvgIpc) is 2.98. The summed E-state index contributed by atoms with van der Waals surface area (Å²) in [7, 11) is 0. The fourth-order valence-electron chi connectivity index (χ4n) is 3.69. The van der Waals surface area contributed by atoms with Crippen LogP contribution in [0.25, 0.3) is 0 Å². The van der Waals surface area contributed by atoms with Crippen molar-refractivity contribution in [2.24, 2.45) is 5.92 Å². The van der Waals surface area contributed by atoms with Crippen LogP contribution in [-0.2, 0) is 4.79 Å². The summed E-state index contributed by atoms with van der Waals surface area (Å²) in [6, 6.07) is 0.952. The summed E-state index contributed by atoms with van der Waals surface area (Å²) in [6.45, 7) is 0. The highest BCUT2D eigenvalue weighted by Gasteiger charge is 2.43. The van der Waals surface area contributed by atoms with Gasteiger partial charge in [-0.2, -0.15) is 11.3 Å². The van der Waals surface area contributed by atoms with Crippen LogP contribution in [0.5, 0.6) is 0 Å². The number of hydrogen-bond acceptors (Lipinski definition) is 3. The maximum absolute atomic E-state index is 12.6. The fourth-order valence-corrected chi connectivity index (χ4v) is 4.28. The predicted octanol–water partition coefficient (Wildman–Crippen LogP) is 3.39. The number of fused-ring (bicyclic) bond motifs is 1. The molecule has 1 aliphatic carbocycles. The zero-order chi connectivity index (χ0) is 14.8. The molecule has 1 aliphatic heterocycles. The lowest BCUT2D eigenvalue weighted by atomic mass is 9.76. The molecule has 0 spiro atoms. The van der Waals surface area contributed by atoms with Crippen molar-refractivity contribution < 1.29 is 14.7 Å². The van der Waals surface area contributed by atoms with Crippen molar-refractivity contribution in [3.8, 4) is 0 Å². The molecular formula is C15H20N2O3S. The van der Waals surface area contributed by atoms with Crippen molar-refractivity contribution in [1.29, 1.82) is 0 Å². The van der Waals surface area contributed by atoms with E-state index in [1.807, 2.05) is 16.8 Å². The molecule has 0 radical (unpaired) electrons. The molecule has 21 heavy (non-hydrogen) atoms. The minimum Gasteiger partial charge on any atom is -0.480 e. The normalized spacial score (nSPS) is 28.8. The molecule has 2 N–H and O–H groups in total. The molecule has 0 bridgehead atoms. The van der Waals surface area contributed by atoms with Crippen LogP contribution < -0.4 is 5.32 Å². The summed E-state index contributed by atoms with van der Waals surface area (Å²) in [4.78, 5) is 25.7. The van der Waals surface area contributed by atoms with Crippen molar-refractivity contribution in [2.45, 2.75) is 50.6 Å². The molecule has 3 unspecified atom stereocenters. The molecule has 3 atom stereocenters. The van der Waals surface area contributed by atoms with E-state index in [9.17, 15) is 14.7 Å². The molecule has 2 aliphatic rings. The van der Waals surface area contributed by atoms with Crippen molar-refractivity contribution in [3.63, 3.8) is 0 Å². The van der Waals surface area contributed by atoms with Crippen LogP contribution in [0.3, 0.4) is 0 Å². The number of aliphatic carboxylic acids is 1. The molecule has 1 aromatic rings. The SMILES string of the molecule is O=C(O)C1CCC2CCCCC2N1C(=O)Nc1ccsc1. The minimum absolute atomic E-state index is 0.0761. The van der Waals surface area contributed by atoms with Gasteiger partial charge in [-0.3, -0.25) is 0 Å². The number of nitrogens with zero attached hydrogens (tertiary/aromatic N) is 1. The van der Waals surface area contributed by atoms with E-state index in [0.29, 0.717) is 12.3 Å². The lowest BCUT2D eigenvalue weighted by Gasteiger charge is -2.46. The van der Waals surface area contributed by atoms with Crippen LogP contribution in [0, 0.1) is 5.92 Å². The van der Waals surface area contributed by atoms with Gasteiger partial charge in [0, 0.05) is 11.4 Å². The third-order valence-electron chi connectivity index (χ3n) is 4.66. The van der Waals surface area contributed by atoms with Gasteiger partial charge in [0.05, 0.1) is 5.69 Å². The first kappa shape index (κ1) is 14.4. The number of carbonyl (C=O) groups excluding carboxylic acids is 1. The molecule has 2 amide bonds. The highest BCUT2D eigenvalue weighted by molar-refractivity contribution is 7.08. The smallest absolute Gasteiger partial charge is 0.326 e. The molecule has 2 heterocycles. The Balaban J connectivity index is 1.81. The monoisotopic (exact) mass is 308 g/mol. The van der Waals surface area contributed by atoms with E-state index in [1.54, 1.807) is 4.90 Å².